The van der Waals surface area contributed by atoms with Crippen LogP contribution in [0.25, 0.3) is 0 Å². The fraction of sp³-hybridized carbons (Fsp3) is 0.455. The van der Waals surface area contributed by atoms with Gasteiger partial charge >= 0.3 is 0 Å². The Kier molecular flexibility index (Phi) is 3.61. The van der Waals surface area contributed by atoms with Gasteiger partial charge in [-0.1, -0.05) is 19.1 Å². The Hall–Kier alpha value is -0.930. The highest BCUT2D eigenvalue weighted by atomic mass is 19.1. The first-order chi connectivity index (χ1) is 6.62. The Morgan fingerprint density at radius 2 is 2.21 bits per heavy atom. The van der Waals surface area contributed by atoms with Gasteiger partial charge in [-0.3, -0.25) is 0 Å². The van der Waals surface area contributed by atoms with E-state index >= 15 is 0 Å². The van der Waals surface area contributed by atoms with Crippen molar-refractivity contribution in [1.29, 1.82) is 0 Å². The van der Waals surface area contributed by atoms with E-state index in [0.717, 1.165) is 5.56 Å². The highest BCUT2D eigenvalue weighted by Gasteiger charge is 2.25. The van der Waals surface area contributed by atoms with E-state index in [1.807, 2.05) is 13.0 Å². The van der Waals surface area contributed by atoms with Gasteiger partial charge in [0.2, 0.25) is 0 Å². The molecule has 1 atom stereocenters. The van der Waals surface area contributed by atoms with Crippen LogP contribution < -0.4 is 5.73 Å². The molecule has 1 aromatic carbocycles. The molecule has 0 radical (unpaired) electrons. The van der Waals surface area contributed by atoms with Crippen LogP contribution in [-0.2, 0) is 10.2 Å². The van der Waals surface area contributed by atoms with E-state index < -0.39 is 0 Å². The maximum Gasteiger partial charge on any atom is 0.123 e. The smallest absolute Gasteiger partial charge is 0.123 e. The summed E-state index contributed by atoms with van der Waals surface area (Å²) in [5, 5.41) is 0. The molecule has 1 rings (SSSR count). The second-order valence-corrected chi connectivity index (χ2v) is 3.71. The molecule has 3 heteroatoms. The molecule has 78 valence electrons. The van der Waals surface area contributed by atoms with Crippen LogP contribution in [-0.4, -0.2) is 20.3 Å². The van der Waals surface area contributed by atoms with Gasteiger partial charge in [-0.25, -0.2) is 4.39 Å². The molecule has 1 unspecified atom stereocenters. The standard InChI is InChI=1S/C11H16FNO/c1-11(7-13,8-14-2)9-4-3-5-10(12)6-9/h3-6H,7-8,13H2,1-2H3. The van der Waals surface area contributed by atoms with E-state index in [-0.39, 0.29) is 11.2 Å². The minimum Gasteiger partial charge on any atom is -0.384 e. The second-order valence-electron chi connectivity index (χ2n) is 3.71. The minimum absolute atomic E-state index is 0.238. The molecule has 0 amide bonds. The van der Waals surface area contributed by atoms with Crippen molar-refractivity contribution in [3.63, 3.8) is 0 Å². The van der Waals surface area contributed by atoms with Gasteiger partial charge < -0.3 is 10.5 Å². The van der Waals surface area contributed by atoms with Gasteiger partial charge in [-0.05, 0) is 17.7 Å². The van der Waals surface area contributed by atoms with Crippen LogP contribution in [0.15, 0.2) is 24.3 Å². The Morgan fingerprint density at radius 1 is 1.50 bits per heavy atom. The summed E-state index contributed by atoms with van der Waals surface area (Å²) in [5.74, 6) is -0.238. The summed E-state index contributed by atoms with van der Waals surface area (Å²) in [6, 6.07) is 6.49. The second kappa shape index (κ2) is 4.53. The van der Waals surface area contributed by atoms with Crippen molar-refractivity contribution in [1.82, 2.24) is 0 Å². The summed E-state index contributed by atoms with van der Waals surface area (Å²) in [4.78, 5) is 0. The van der Waals surface area contributed by atoms with Crippen molar-refractivity contribution in [2.75, 3.05) is 20.3 Å². The molecule has 1 aromatic rings. The third-order valence-corrected chi connectivity index (χ3v) is 2.43. The molecule has 0 aliphatic heterocycles. The topological polar surface area (TPSA) is 35.2 Å². The van der Waals surface area contributed by atoms with Crippen molar-refractivity contribution < 1.29 is 9.13 Å². The van der Waals surface area contributed by atoms with Gasteiger partial charge in [0, 0.05) is 19.1 Å². The molecule has 14 heavy (non-hydrogen) atoms. The SMILES string of the molecule is COCC(C)(CN)c1cccc(F)c1. The fourth-order valence-corrected chi connectivity index (χ4v) is 1.44. The molecule has 0 heterocycles. The highest BCUT2D eigenvalue weighted by Crippen LogP contribution is 2.23. The number of rotatable bonds is 4. The summed E-state index contributed by atoms with van der Waals surface area (Å²) in [6.45, 7) is 2.89. The number of nitrogens with two attached hydrogens (primary N) is 1. The van der Waals surface area contributed by atoms with E-state index in [2.05, 4.69) is 0 Å². The molecule has 0 aliphatic rings. The van der Waals surface area contributed by atoms with Crippen molar-refractivity contribution >= 4 is 0 Å². The first-order valence-electron chi connectivity index (χ1n) is 4.57. The number of halogens is 1. The highest BCUT2D eigenvalue weighted by molar-refractivity contribution is 5.25. The van der Waals surface area contributed by atoms with Gasteiger partial charge in [0.1, 0.15) is 5.82 Å². The van der Waals surface area contributed by atoms with E-state index in [4.69, 9.17) is 10.5 Å². The van der Waals surface area contributed by atoms with Crippen molar-refractivity contribution in [3.8, 4) is 0 Å². The largest absolute Gasteiger partial charge is 0.384 e. The maximum absolute atomic E-state index is 13.0. The normalized spacial score (nSPS) is 15.1. The zero-order valence-corrected chi connectivity index (χ0v) is 8.59. The zero-order valence-electron chi connectivity index (χ0n) is 8.59. The quantitative estimate of drug-likeness (QED) is 0.797. The van der Waals surface area contributed by atoms with Gasteiger partial charge in [-0.15, -0.1) is 0 Å². The molecule has 0 spiro atoms. The molecular formula is C11H16FNO. The molecule has 0 saturated carbocycles. The molecule has 0 aromatic heterocycles. The molecular weight excluding hydrogens is 181 g/mol. The summed E-state index contributed by atoms with van der Waals surface area (Å²) >= 11 is 0. The van der Waals surface area contributed by atoms with Crippen molar-refractivity contribution in [2.45, 2.75) is 12.3 Å². The van der Waals surface area contributed by atoms with Gasteiger partial charge in [-0.2, -0.15) is 0 Å². The van der Waals surface area contributed by atoms with Crippen molar-refractivity contribution in [3.05, 3.63) is 35.6 Å². The Balaban J connectivity index is 2.99. The van der Waals surface area contributed by atoms with Crippen LogP contribution in [0, 0.1) is 5.82 Å². The van der Waals surface area contributed by atoms with Crippen LogP contribution >= 0.6 is 0 Å². The predicted octanol–water partition coefficient (Wildman–Crippen LogP) is 1.69. The number of hydrogen-bond acceptors (Lipinski definition) is 2. The summed E-state index contributed by atoms with van der Waals surface area (Å²) in [5.41, 5.74) is 6.24. The summed E-state index contributed by atoms with van der Waals surface area (Å²) in [7, 11) is 1.62. The fourth-order valence-electron chi connectivity index (χ4n) is 1.44. The molecule has 0 bridgehead atoms. The Morgan fingerprint density at radius 3 is 2.71 bits per heavy atom. The number of ether oxygens (including phenoxy) is 1. The Bertz CT molecular complexity index is 303. The van der Waals surface area contributed by atoms with E-state index in [9.17, 15) is 4.39 Å². The van der Waals surface area contributed by atoms with E-state index in [1.165, 1.54) is 12.1 Å². The monoisotopic (exact) mass is 197 g/mol. The van der Waals surface area contributed by atoms with Crippen molar-refractivity contribution in [2.24, 2.45) is 5.73 Å². The summed E-state index contributed by atoms with van der Waals surface area (Å²) in [6.07, 6.45) is 0. The summed E-state index contributed by atoms with van der Waals surface area (Å²) < 4.78 is 18.1. The lowest BCUT2D eigenvalue weighted by molar-refractivity contribution is 0.141. The number of benzene rings is 1. The molecule has 0 aliphatic carbocycles. The van der Waals surface area contributed by atoms with Crippen LogP contribution in [0.1, 0.15) is 12.5 Å². The minimum atomic E-state index is -0.309. The lowest BCUT2D eigenvalue weighted by atomic mass is 9.83. The van der Waals surface area contributed by atoms with Crippen LogP contribution in [0.5, 0.6) is 0 Å². The van der Waals surface area contributed by atoms with Crippen LogP contribution in [0.4, 0.5) is 4.39 Å². The molecule has 2 N–H and O–H groups in total. The number of hydrogen-bond donors (Lipinski definition) is 1. The van der Waals surface area contributed by atoms with Gasteiger partial charge in [0.15, 0.2) is 0 Å². The lowest BCUT2D eigenvalue weighted by Gasteiger charge is -2.27. The molecule has 2 nitrogen and oxygen atoms in total. The van der Waals surface area contributed by atoms with E-state index in [0.29, 0.717) is 13.2 Å². The molecule has 0 fully saturated rings. The third-order valence-electron chi connectivity index (χ3n) is 2.43. The van der Waals surface area contributed by atoms with Crippen LogP contribution in [0.2, 0.25) is 0 Å². The maximum atomic E-state index is 13.0. The first-order valence-corrected chi connectivity index (χ1v) is 4.57. The zero-order chi connectivity index (χ0) is 10.6. The van der Waals surface area contributed by atoms with Gasteiger partial charge in [0.25, 0.3) is 0 Å². The first kappa shape index (κ1) is 11.1. The van der Waals surface area contributed by atoms with Crippen LogP contribution in [0.3, 0.4) is 0 Å². The van der Waals surface area contributed by atoms with E-state index in [1.54, 1.807) is 13.2 Å². The number of methoxy groups -OCH3 is 1. The van der Waals surface area contributed by atoms with Gasteiger partial charge in [0.05, 0.1) is 6.61 Å². The predicted molar refractivity (Wildman–Crippen MR) is 54.7 cm³/mol. The average Bonchev–Trinajstić information content (AvgIpc) is 2.18. The lowest BCUT2D eigenvalue weighted by Crippen LogP contribution is -2.36. The third kappa shape index (κ3) is 2.30. The average molecular weight is 197 g/mol. The molecule has 0 saturated heterocycles. The Labute approximate surface area is 83.9 Å².